The molecule has 2 rings (SSSR count). The van der Waals surface area contributed by atoms with Gasteiger partial charge in [-0.3, -0.25) is 0 Å². The first-order valence-corrected chi connectivity index (χ1v) is 7.72. The highest BCUT2D eigenvalue weighted by atomic mass is 79.9. The highest BCUT2D eigenvalue weighted by molar-refractivity contribution is 9.10. The second-order valence-electron chi connectivity index (χ2n) is 3.17. The van der Waals surface area contributed by atoms with Crippen LogP contribution >= 0.6 is 54.5 Å². The smallest absolute Gasteiger partial charge is 0.0449 e. The van der Waals surface area contributed by atoms with Crippen molar-refractivity contribution in [2.75, 3.05) is 0 Å². The highest BCUT2D eigenvalue weighted by Crippen LogP contribution is 2.31. The van der Waals surface area contributed by atoms with Gasteiger partial charge in [0.15, 0.2) is 0 Å². The Balaban J connectivity index is 2.10. The standard InChI is InChI=1S/C10H9Br2NS2/c11-6-3-7(15-5-6)4-9(13)10-8(12)1-2-14-10/h1-3,5,9H,4,13H2. The van der Waals surface area contributed by atoms with E-state index < -0.39 is 0 Å². The molecule has 0 spiro atoms. The normalized spacial score (nSPS) is 13.0. The predicted molar refractivity (Wildman–Crippen MR) is 74.7 cm³/mol. The summed E-state index contributed by atoms with van der Waals surface area (Å²) in [4.78, 5) is 2.54. The van der Waals surface area contributed by atoms with Crippen LogP contribution in [0.3, 0.4) is 0 Å². The van der Waals surface area contributed by atoms with Crippen molar-refractivity contribution in [1.29, 1.82) is 0 Å². The van der Waals surface area contributed by atoms with Crippen molar-refractivity contribution >= 4 is 54.5 Å². The van der Waals surface area contributed by atoms with Gasteiger partial charge in [-0.25, -0.2) is 0 Å². The second kappa shape index (κ2) is 5.10. The predicted octanol–water partition coefficient (Wildman–Crippen LogP) is 4.58. The Kier molecular flexibility index (Phi) is 4.01. The van der Waals surface area contributed by atoms with Gasteiger partial charge in [-0.1, -0.05) is 0 Å². The third-order valence-corrected chi connectivity index (χ3v) is 5.75. The molecule has 1 nitrogen and oxygen atoms in total. The molecule has 0 radical (unpaired) electrons. The Morgan fingerprint density at radius 3 is 2.67 bits per heavy atom. The fourth-order valence-electron chi connectivity index (χ4n) is 1.34. The quantitative estimate of drug-likeness (QED) is 0.845. The number of rotatable bonds is 3. The van der Waals surface area contributed by atoms with Crippen molar-refractivity contribution in [1.82, 2.24) is 0 Å². The summed E-state index contributed by atoms with van der Waals surface area (Å²) in [5, 5.41) is 4.15. The first-order valence-electron chi connectivity index (χ1n) is 4.38. The Labute approximate surface area is 114 Å². The molecule has 0 aliphatic heterocycles. The Bertz CT molecular complexity index is 450. The monoisotopic (exact) mass is 365 g/mol. The van der Waals surface area contributed by atoms with Gasteiger partial charge in [-0.05, 0) is 49.4 Å². The van der Waals surface area contributed by atoms with E-state index in [4.69, 9.17) is 5.73 Å². The third-order valence-electron chi connectivity index (χ3n) is 2.02. The van der Waals surface area contributed by atoms with Gasteiger partial charge in [-0.15, -0.1) is 22.7 Å². The molecule has 0 bridgehead atoms. The maximum absolute atomic E-state index is 6.15. The van der Waals surface area contributed by atoms with Crippen molar-refractivity contribution in [3.05, 3.63) is 41.6 Å². The van der Waals surface area contributed by atoms with E-state index >= 15 is 0 Å². The minimum absolute atomic E-state index is 0.0879. The van der Waals surface area contributed by atoms with Crippen LogP contribution in [0.2, 0.25) is 0 Å². The fourth-order valence-corrected chi connectivity index (χ4v) is 4.52. The third kappa shape index (κ3) is 2.91. The van der Waals surface area contributed by atoms with Crippen LogP contribution in [0.25, 0.3) is 0 Å². The van der Waals surface area contributed by atoms with Crippen molar-refractivity contribution in [2.24, 2.45) is 5.73 Å². The summed E-state index contributed by atoms with van der Waals surface area (Å²) in [5.74, 6) is 0. The van der Waals surface area contributed by atoms with E-state index in [1.165, 1.54) is 9.75 Å². The molecule has 1 atom stereocenters. The molecule has 0 saturated heterocycles. The molecule has 2 aromatic heterocycles. The van der Waals surface area contributed by atoms with E-state index in [2.05, 4.69) is 48.7 Å². The largest absolute Gasteiger partial charge is 0.323 e. The van der Waals surface area contributed by atoms with Crippen LogP contribution in [0.5, 0.6) is 0 Å². The Morgan fingerprint density at radius 1 is 1.33 bits per heavy atom. The Morgan fingerprint density at radius 2 is 2.13 bits per heavy atom. The van der Waals surface area contributed by atoms with Gasteiger partial charge in [0.2, 0.25) is 0 Å². The van der Waals surface area contributed by atoms with Crippen molar-refractivity contribution in [3.63, 3.8) is 0 Å². The molecular weight excluding hydrogens is 358 g/mol. The molecule has 2 heterocycles. The molecule has 0 aliphatic rings. The van der Waals surface area contributed by atoms with Gasteiger partial charge < -0.3 is 5.73 Å². The average Bonchev–Trinajstić information content (AvgIpc) is 2.75. The van der Waals surface area contributed by atoms with Crippen LogP contribution in [0, 0.1) is 0 Å². The van der Waals surface area contributed by atoms with Crippen molar-refractivity contribution in [2.45, 2.75) is 12.5 Å². The molecule has 0 fully saturated rings. The van der Waals surface area contributed by atoms with Gasteiger partial charge in [0.05, 0.1) is 0 Å². The second-order valence-corrected chi connectivity index (χ2v) is 6.89. The van der Waals surface area contributed by atoms with Gasteiger partial charge in [-0.2, -0.15) is 0 Å². The topological polar surface area (TPSA) is 26.0 Å². The van der Waals surface area contributed by atoms with Gasteiger partial charge in [0, 0.05) is 36.5 Å². The first kappa shape index (κ1) is 11.8. The van der Waals surface area contributed by atoms with E-state index in [9.17, 15) is 0 Å². The van der Waals surface area contributed by atoms with Crippen molar-refractivity contribution in [3.8, 4) is 0 Å². The van der Waals surface area contributed by atoms with E-state index in [1.54, 1.807) is 22.7 Å². The number of nitrogens with two attached hydrogens (primary N) is 1. The molecule has 15 heavy (non-hydrogen) atoms. The molecule has 2 aromatic rings. The molecule has 0 amide bonds. The summed E-state index contributed by atoms with van der Waals surface area (Å²) in [6.07, 6.45) is 0.898. The minimum atomic E-state index is 0.0879. The minimum Gasteiger partial charge on any atom is -0.323 e. The summed E-state index contributed by atoms with van der Waals surface area (Å²) in [6.45, 7) is 0. The van der Waals surface area contributed by atoms with Crippen LogP contribution in [0.4, 0.5) is 0 Å². The molecule has 0 aliphatic carbocycles. The fraction of sp³-hybridized carbons (Fsp3) is 0.200. The SMILES string of the molecule is NC(Cc1cc(Br)cs1)c1sccc1Br. The molecule has 1 unspecified atom stereocenters. The number of thiophene rings is 2. The van der Waals surface area contributed by atoms with Gasteiger partial charge in [0.25, 0.3) is 0 Å². The van der Waals surface area contributed by atoms with Crippen LogP contribution in [0.1, 0.15) is 15.8 Å². The van der Waals surface area contributed by atoms with E-state index in [0.29, 0.717) is 0 Å². The maximum Gasteiger partial charge on any atom is 0.0449 e. The summed E-state index contributed by atoms with van der Waals surface area (Å²) in [7, 11) is 0. The average molecular weight is 367 g/mol. The lowest BCUT2D eigenvalue weighted by atomic mass is 10.1. The van der Waals surface area contributed by atoms with Gasteiger partial charge >= 0.3 is 0 Å². The first-order chi connectivity index (χ1) is 7.16. The molecular formula is C10H9Br2NS2. The summed E-state index contributed by atoms with van der Waals surface area (Å²) in [6, 6.07) is 4.26. The summed E-state index contributed by atoms with van der Waals surface area (Å²) in [5.41, 5.74) is 6.15. The van der Waals surface area contributed by atoms with Crippen LogP contribution < -0.4 is 5.73 Å². The van der Waals surface area contributed by atoms with Crippen molar-refractivity contribution < 1.29 is 0 Å². The molecule has 0 saturated carbocycles. The molecule has 80 valence electrons. The lowest BCUT2D eigenvalue weighted by molar-refractivity contribution is 0.742. The lowest BCUT2D eigenvalue weighted by Crippen LogP contribution is -2.11. The zero-order valence-electron chi connectivity index (χ0n) is 7.74. The van der Waals surface area contributed by atoms with E-state index in [0.717, 1.165) is 15.4 Å². The van der Waals surface area contributed by atoms with E-state index in [-0.39, 0.29) is 6.04 Å². The Hall–Kier alpha value is 0.320. The summed E-state index contributed by atoms with van der Waals surface area (Å²) >= 11 is 10.4. The maximum atomic E-state index is 6.15. The van der Waals surface area contributed by atoms with Crippen LogP contribution in [0.15, 0.2) is 31.8 Å². The van der Waals surface area contributed by atoms with Crippen LogP contribution in [-0.2, 0) is 6.42 Å². The zero-order valence-corrected chi connectivity index (χ0v) is 12.5. The molecule has 0 aromatic carbocycles. The van der Waals surface area contributed by atoms with Crippen LogP contribution in [-0.4, -0.2) is 0 Å². The number of hydrogen-bond acceptors (Lipinski definition) is 3. The molecule has 5 heteroatoms. The van der Waals surface area contributed by atoms with Gasteiger partial charge in [0.1, 0.15) is 0 Å². The lowest BCUT2D eigenvalue weighted by Gasteiger charge is -2.08. The highest BCUT2D eigenvalue weighted by Gasteiger charge is 2.12. The van der Waals surface area contributed by atoms with E-state index in [1.807, 2.05) is 6.07 Å². The number of hydrogen-bond donors (Lipinski definition) is 1. The molecule has 2 N–H and O–H groups in total. The zero-order chi connectivity index (χ0) is 10.8. The number of halogens is 2. The summed E-state index contributed by atoms with van der Waals surface area (Å²) < 4.78 is 2.26.